The van der Waals surface area contributed by atoms with E-state index in [1.165, 1.54) is 5.69 Å². The molecule has 1 aromatic carbocycles. The van der Waals surface area contributed by atoms with Gasteiger partial charge in [0.2, 0.25) is 0 Å². The second kappa shape index (κ2) is 7.56. The van der Waals surface area contributed by atoms with E-state index in [2.05, 4.69) is 53.3 Å². The molecule has 2 aromatic heterocycles. The van der Waals surface area contributed by atoms with E-state index in [1.807, 2.05) is 24.4 Å². The SMILES string of the molecule is Cc1cn2c(C(=O)NCc3ccc(N4CC(C)OC(C)C4)cc3)c(C)nc2s1. The van der Waals surface area contributed by atoms with Crippen molar-refractivity contribution in [1.82, 2.24) is 14.7 Å². The summed E-state index contributed by atoms with van der Waals surface area (Å²) >= 11 is 1.59. The number of benzene rings is 1. The fraction of sp³-hybridized carbons (Fsp3) is 0.429. The summed E-state index contributed by atoms with van der Waals surface area (Å²) in [5.74, 6) is -0.0947. The van der Waals surface area contributed by atoms with Crippen LogP contribution in [0.25, 0.3) is 4.96 Å². The van der Waals surface area contributed by atoms with Crippen molar-refractivity contribution in [3.63, 3.8) is 0 Å². The predicted octanol–water partition coefficient (Wildman–Crippen LogP) is 3.56. The number of hydrogen-bond acceptors (Lipinski definition) is 5. The first-order valence-electron chi connectivity index (χ1n) is 9.63. The summed E-state index contributed by atoms with van der Waals surface area (Å²) in [6, 6.07) is 8.40. The third-order valence-electron chi connectivity index (χ3n) is 5.01. The Hall–Kier alpha value is -2.38. The van der Waals surface area contributed by atoms with E-state index in [1.54, 1.807) is 11.3 Å². The zero-order chi connectivity index (χ0) is 19.8. The summed E-state index contributed by atoms with van der Waals surface area (Å²) in [5.41, 5.74) is 3.65. The molecule has 3 aromatic rings. The summed E-state index contributed by atoms with van der Waals surface area (Å²) in [7, 11) is 0. The van der Waals surface area contributed by atoms with Crippen LogP contribution >= 0.6 is 11.3 Å². The lowest BCUT2D eigenvalue weighted by Gasteiger charge is -2.36. The zero-order valence-electron chi connectivity index (χ0n) is 16.7. The van der Waals surface area contributed by atoms with E-state index < -0.39 is 0 Å². The van der Waals surface area contributed by atoms with Crippen molar-refractivity contribution in [3.05, 3.63) is 52.3 Å². The molecular weight excluding hydrogens is 372 g/mol. The number of carbonyl (C=O) groups excluding carboxylic acids is 1. The first-order chi connectivity index (χ1) is 13.4. The largest absolute Gasteiger partial charge is 0.372 e. The van der Waals surface area contributed by atoms with Gasteiger partial charge in [0, 0.05) is 36.4 Å². The monoisotopic (exact) mass is 398 g/mol. The number of carbonyl (C=O) groups is 1. The van der Waals surface area contributed by atoms with Crippen molar-refractivity contribution >= 4 is 27.9 Å². The second-order valence-corrected chi connectivity index (χ2v) is 8.76. The van der Waals surface area contributed by atoms with E-state index in [0.29, 0.717) is 12.2 Å². The normalized spacial score (nSPS) is 19.9. The second-order valence-electron chi connectivity index (χ2n) is 7.55. The smallest absolute Gasteiger partial charge is 0.270 e. The number of ether oxygens (including phenoxy) is 1. The lowest BCUT2D eigenvalue weighted by Crippen LogP contribution is -2.45. The molecule has 4 rings (SSSR count). The Bertz CT molecular complexity index is 982. The number of amides is 1. The highest BCUT2D eigenvalue weighted by Gasteiger charge is 2.22. The highest BCUT2D eigenvalue weighted by Crippen LogP contribution is 2.22. The molecule has 1 fully saturated rings. The molecule has 0 spiro atoms. The van der Waals surface area contributed by atoms with Gasteiger partial charge in [0.15, 0.2) is 4.96 Å². The van der Waals surface area contributed by atoms with Crippen LogP contribution in [0.2, 0.25) is 0 Å². The zero-order valence-corrected chi connectivity index (χ0v) is 17.5. The van der Waals surface area contributed by atoms with Gasteiger partial charge in [0.05, 0.1) is 17.9 Å². The Morgan fingerprint density at radius 2 is 1.89 bits per heavy atom. The number of aromatic nitrogens is 2. The molecule has 1 saturated heterocycles. The molecule has 0 saturated carbocycles. The summed E-state index contributed by atoms with van der Waals surface area (Å²) in [6.07, 6.45) is 2.44. The molecular formula is C21H26N4O2S. The van der Waals surface area contributed by atoms with Crippen molar-refractivity contribution < 1.29 is 9.53 Å². The van der Waals surface area contributed by atoms with Gasteiger partial charge >= 0.3 is 0 Å². The number of fused-ring (bicyclic) bond motifs is 1. The summed E-state index contributed by atoms with van der Waals surface area (Å²) < 4.78 is 7.69. The third kappa shape index (κ3) is 3.77. The van der Waals surface area contributed by atoms with Gasteiger partial charge < -0.3 is 15.0 Å². The molecule has 0 radical (unpaired) electrons. The topological polar surface area (TPSA) is 58.9 Å². The first kappa shape index (κ1) is 19.0. The van der Waals surface area contributed by atoms with E-state index in [9.17, 15) is 4.79 Å². The van der Waals surface area contributed by atoms with Crippen LogP contribution in [0.15, 0.2) is 30.5 Å². The van der Waals surface area contributed by atoms with Crippen molar-refractivity contribution in [2.75, 3.05) is 18.0 Å². The van der Waals surface area contributed by atoms with Gasteiger partial charge in [0.1, 0.15) is 5.69 Å². The lowest BCUT2D eigenvalue weighted by molar-refractivity contribution is -0.00521. The van der Waals surface area contributed by atoms with Crippen LogP contribution in [-0.2, 0) is 11.3 Å². The summed E-state index contributed by atoms with van der Waals surface area (Å²) in [4.78, 5) is 21.6. The van der Waals surface area contributed by atoms with E-state index in [-0.39, 0.29) is 18.1 Å². The molecule has 2 atom stereocenters. The standard InChI is InChI=1S/C21H26N4O2S/c1-13-10-24(11-14(2)27-13)18-7-5-17(6-8-18)9-22-20(26)19-16(4)23-21-25(19)12-15(3)28-21/h5-8,12-14H,9-11H2,1-4H3,(H,22,26). The van der Waals surface area contributed by atoms with Crippen LogP contribution in [0.5, 0.6) is 0 Å². The number of aryl methyl sites for hydroxylation is 2. The van der Waals surface area contributed by atoms with E-state index >= 15 is 0 Å². The van der Waals surface area contributed by atoms with Gasteiger partial charge in [-0.1, -0.05) is 12.1 Å². The van der Waals surface area contributed by atoms with Gasteiger partial charge in [-0.2, -0.15) is 0 Å². The maximum Gasteiger partial charge on any atom is 0.270 e. The predicted molar refractivity (Wildman–Crippen MR) is 112 cm³/mol. The fourth-order valence-corrected chi connectivity index (χ4v) is 4.69. The fourth-order valence-electron chi connectivity index (χ4n) is 3.82. The number of thiazole rings is 1. The Balaban J connectivity index is 1.42. The van der Waals surface area contributed by atoms with Crippen molar-refractivity contribution in [3.8, 4) is 0 Å². The average Bonchev–Trinajstić information content (AvgIpc) is 3.13. The minimum Gasteiger partial charge on any atom is -0.372 e. The van der Waals surface area contributed by atoms with Crippen molar-refractivity contribution in [2.24, 2.45) is 0 Å². The molecule has 28 heavy (non-hydrogen) atoms. The Morgan fingerprint density at radius 1 is 1.21 bits per heavy atom. The van der Waals surface area contributed by atoms with Gasteiger partial charge in [-0.15, -0.1) is 11.3 Å². The Morgan fingerprint density at radius 3 is 2.57 bits per heavy atom. The first-order valence-corrected chi connectivity index (χ1v) is 10.4. The highest BCUT2D eigenvalue weighted by atomic mass is 32.1. The lowest BCUT2D eigenvalue weighted by atomic mass is 10.1. The van der Waals surface area contributed by atoms with Gasteiger partial charge in [-0.05, 0) is 45.4 Å². The molecule has 1 aliphatic heterocycles. The maximum absolute atomic E-state index is 12.7. The van der Waals surface area contributed by atoms with Crippen LogP contribution in [0.1, 0.15) is 40.5 Å². The summed E-state index contributed by atoms with van der Waals surface area (Å²) in [6.45, 7) is 10.4. The number of anilines is 1. The number of nitrogens with one attached hydrogen (secondary N) is 1. The molecule has 6 nitrogen and oxygen atoms in total. The number of rotatable bonds is 4. The van der Waals surface area contributed by atoms with Crippen molar-refractivity contribution in [1.29, 1.82) is 0 Å². The number of imidazole rings is 1. The van der Waals surface area contributed by atoms with Crippen LogP contribution in [-0.4, -0.2) is 40.6 Å². The van der Waals surface area contributed by atoms with Gasteiger partial charge in [-0.3, -0.25) is 9.20 Å². The Labute approximate surface area is 169 Å². The maximum atomic E-state index is 12.7. The summed E-state index contributed by atoms with van der Waals surface area (Å²) in [5, 5.41) is 3.03. The van der Waals surface area contributed by atoms with Gasteiger partial charge in [0.25, 0.3) is 5.91 Å². The number of morpholine rings is 1. The molecule has 2 unspecified atom stereocenters. The number of hydrogen-bond donors (Lipinski definition) is 1. The molecule has 0 aliphatic carbocycles. The molecule has 148 valence electrons. The molecule has 0 bridgehead atoms. The minimum atomic E-state index is -0.0947. The molecule has 7 heteroatoms. The highest BCUT2D eigenvalue weighted by molar-refractivity contribution is 7.17. The molecule has 1 aliphatic rings. The minimum absolute atomic E-state index is 0.0947. The van der Waals surface area contributed by atoms with Crippen LogP contribution in [0, 0.1) is 13.8 Å². The van der Waals surface area contributed by atoms with Crippen LogP contribution in [0.4, 0.5) is 5.69 Å². The van der Waals surface area contributed by atoms with E-state index in [0.717, 1.165) is 34.2 Å². The van der Waals surface area contributed by atoms with E-state index in [4.69, 9.17) is 4.74 Å². The Kier molecular flexibility index (Phi) is 5.12. The number of nitrogens with zero attached hydrogens (tertiary/aromatic N) is 3. The average molecular weight is 399 g/mol. The van der Waals surface area contributed by atoms with Crippen LogP contribution < -0.4 is 10.2 Å². The molecule has 1 N–H and O–H groups in total. The molecule has 3 heterocycles. The molecule has 1 amide bonds. The van der Waals surface area contributed by atoms with Gasteiger partial charge in [-0.25, -0.2) is 4.98 Å². The quantitative estimate of drug-likeness (QED) is 0.730. The third-order valence-corrected chi connectivity index (χ3v) is 5.90. The van der Waals surface area contributed by atoms with Crippen LogP contribution in [0.3, 0.4) is 0 Å². The van der Waals surface area contributed by atoms with Crippen molar-refractivity contribution in [2.45, 2.75) is 46.4 Å².